The van der Waals surface area contributed by atoms with E-state index in [0.717, 1.165) is 24.2 Å². The van der Waals surface area contributed by atoms with Crippen LogP contribution in [0.1, 0.15) is 42.6 Å². The second-order valence-corrected chi connectivity index (χ2v) is 5.41. The van der Waals surface area contributed by atoms with Gasteiger partial charge in [0.25, 0.3) is 5.91 Å². The molecule has 0 atom stereocenters. The van der Waals surface area contributed by atoms with Gasteiger partial charge in [0, 0.05) is 5.56 Å². The average molecular weight is 340 g/mol. The van der Waals surface area contributed by atoms with E-state index < -0.39 is 0 Å². The fourth-order valence-electron chi connectivity index (χ4n) is 2.14. The van der Waals surface area contributed by atoms with Crippen molar-refractivity contribution in [2.75, 3.05) is 13.2 Å². The largest absolute Gasteiger partial charge is 0.490 e. The summed E-state index contributed by atoms with van der Waals surface area (Å²) in [4.78, 5) is 11.9. The molecule has 0 radical (unpaired) electrons. The second kappa shape index (κ2) is 10.1. The molecule has 0 fully saturated rings. The maximum atomic E-state index is 11.9. The highest BCUT2D eigenvalue weighted by Crippen LogP contribution is 2.28. The van der Waals surface area contributed by atoms with Crippen molar-refractivity contribution in [3.8, 4) is 11.5 Å². The molecule has 0 aromatic heterocycles. The molecule has 0 aliphatic heterocycles. The van der Waals surface area contributed by atoms with E-state index in [9.17, 15) is 4.79 Å². The lowest BCUT2D eigenvalue weighted by molar-refractivity contribution is 0.0955. The molecule has 0 aliphatic rings. The Morgan fingerprint density at radius 3 is 2.60 bits per heavy atom. The number of nitrogens with zero attached hydrogens (tertiary/aromatic N) is 1. The summed E-state index contributed by atoms with van der Waals surface area (Å²) in [6.45, 7) is 5.26. The van der Waals surface area contributed by atoms with Crippen LogP contribution in [-0.4, -0.2) is 25.3 Å². The summed E-state index contributed by atoms with van der Waals surface area (Å²) >= 11 is 0. The van der Waals surface area contributed by atoms with Crippen molar-refractivity contribution >= 4 is 12.1 Å². The van der Waals surface area contributed by atoms with Gasteiger partial charge in [-0.2, -0.15) is 5.10 Å². The van der Waals surface area contributed by atoms with Crippen LogP contribution in [0.15, 0.2) is 53.6 Å². The molecule has 0 spiro atoms. The molecule has 132 valence electrons. The van der Waals surface area contributed by atoms with Crippen LogP contribution in [0.3, 0.4) is 0 Å². The van der Waals surface area contributed by atoms with Crippen molar-refractivity contribution in [2.24, 2.45) is 5.10 Å². The molecular weight excluding hydrogens is 316 g/mol. The van der Waals surface area contributed by atoms with Gasteiger partial charge in [0.2, 0.25) is 0 Å². The maximum Gasteiger partial charge on any atom is 0.271 e. The van der Waals surface area contributed by atoms with Crippen molar-refractivity contribution in [3.63, 3.8) is 0 Å². The fraction of sp³-hybridized carbons (Fsp3) is 0.300. The highest BCUT2D eigenvalue weighted by atomic mass is 16.5. The van der Waals surface area contributed by atoms with E-state index in [4.69, 9.17) is 9.47 Å². The SMILES string of the molecule is CCCCOc1ccc(C=NNC(=O)c2ccccc2)cc1OCC. The standard InChI is InChI=1S/C20H24N2O3/c1-3-5-13-25-18-12-11-16(14-19(18)24-4-2)15-21-22-20(23)17-9-7-6-8-10-17/h6-12,14-15H,3-5,13H2,1-2H3,(H,22,23). The van der Waals surface area contributed by atoms with Crippen LogP contribution < -0.4 is 14.9 Å². The Labute approximate surface area is 148 Å². The van der Waals surface area contributed by atoms with Gasteiger partial charge in [-0.3, -0.25) is 4.79 Å². The first kappa shape index (κ1) is 18.5. The first-order valence-corrected chi connectivity index (χ1v) is 8.52. The molecule has 5 nitrogen and oxygen atoms in total. The van der Waals surface area contributed by atoms with E-state index in [0.29, 0.717) is 24.5 Å². The highest BCUT2D eigenvalue weighted by Gasteiger charge is 2.06. The number of ether oxygens (including phenoxy) is 2. The molecule has 1 N–H and O–H groups in total. The smallest absolute Gasteiger partial charge is 0.271 e. The minimum absolute atomic E-state index is 0.249. The molecule has 0 heterocycles. The molecule has 2 rings (SSSR count). The zero-order valence-corrected chi connectivity index (χ0v) is 14.7. The van der Waals surface area contributed by atoms with Gasteiger partial charge in [-0.05, 0) is 49.2 Å². The molecule has 0 saturated heterocycles. The Morgan fingerprint density at radius 1 is 1.08 bits per heavy atom. The number of amides is 1. The van der Waals surface area contributed by atoms with Crippen LogP contribution in [0.4, 0.5) is 0 Å². The molecule has 0 bridgehead atoms. The van der Waals surface area contributed by atoms with E-state index in [1.165, 1.54) is 0 Å². The van der Waals surface area contributed by atoms with Gasteiger partial charge < -0.3 is 9.47 Å². The number of carbonyl (C=O) groups is 1. The van der Waals surface area contributed by atoms with Gasteiger partial charge in [-0.25, -0.2) is 5.43 Å². The maximum absolute atomic E-state index is 11.9. The summed E-state index contributed by atoms with van der Waals surface area (Å²) in [6.07, 6.45) is 3.66. The van der Waals surface area contributed by atoms with Crippen LogP contribution in [-0.2, 0) is 0 Å². The van der Waals surface area contributed by atoms with Gasteiger partial charge in [0.1, 0.15) is 0 Å². The van der Waals surface area contributed by atoms with Crippen LogP contribution in [0.25, 0.3) is 0 Å². The Morgan fingerprint density at radius 2 is 1.88 bits per heavy atom. The summed E-state index contributed by atoms with van der Waals surface area (Å²) in [5.41, 5.74) is 3.90. The minimum Gasteiger partial charge on any atom is -0.490 e. The fourth-order valence-corrected chi connectivity index (χ4v) is 2.14. The number of hydrogen-bond donors (Lipinski definition) is 1. The predicted molar refractivity (Wildman–Crippen MR) is 99.5 cm³/mol. The summed E-state index contributed by atoms with van der Waals surface area (Å²) in [7, 11) is 0. The Kier molecular flexibility index (Phi) is 7.50. The number of benzene rings is 2. The quantitative estimate of drug-likeness (QED) is 0.426. The number of carbonyl (C=O) groups excluding carboxylic acids is 1. The van der Waals surface area contributed by atoms with Gasteiger partial charge in [-0.15, -0.1) is 0 Å². The Bertz CT molecular complexity index is 699. The third kappa shape index (κ3) is 5.95. The molecule has 2 aromatic rings. The van der Waals surface area contributed by atoms with E-state index >= 15 is 0 Å². The Balaban J connectivity index is 2.01. The number of hydrogen-bond acceptors (Lipinski definition) is 4. The van der Waals surface area contributed by atoms with Gasteiger partial charge in [-0.1, -0.05) is 31.5 Å². The topological polar surface area (TPSA) is 59.9 Å². The van der Waals surface area contributed by atoms with Crippen molar-refractivity contribution in [2.45, 2.75) is 26.7 Å². The normalized spacial score (nSPS) is 10.6. The van der Waals surface area contributed by atoms with Crippen molar-refractivity contribution in [1.82, 2.24) is 5.43 Å². The number of nitrogens with one attached hydrogen (secondary N) is 1. The zero-order valence-electron chi connectivity index (χ0n) is 14.7. The number of unbranched alkanes of at least 4 members (excludes halogenated alkanes) is 1. The molecule has 25 heavy (non-hydrogen) atoms. The summed E-state index contributed by atoms with van der Waals surface area (Å²) in [5.74, 6) is 1.15. The lowest BCUT2D eigenvalue weighted by Crippen LogP contribution is -2.17. The zero-order chi connectivity index (χ0) is 17.9. The molecule has 2 aromatic carbocycles. The summed E-state index contributed by atoms with van der Waals surface area (Å²) < 4.78 is 11.4. The first-order chi connectivity index (χ1) is 12.2. The third-order valence-electron chi connectivity index (χ3n) is 3.44. The highest BCUT2D eigenvalue weighted by molar-refractivity contribution is 5.94. The molecule has 5 heteroatoms. The third-order valence-corrected chi connectivity index (χ3v) is 3.44. The second-order valence-electron chi connectivity index (χ2n) is 5.41. The summed E-state index contributed by atoms with van der Waals surface area (Å²) in [5, 5.41) is 4.00. The van der Waals surface area contributed by atoms with E-state index in [1.54, 1.807) is 18.3 Å². The molecule has 1 amide bonds. The van der Waals surface area contributed by atoms with Crippen LogP contribution in [0.2, 0.25) is 0 Å². The van der Waals surface area contributed by atoms with Crippen LogP contribution in [0.5, 0.6) is 11.5 Å². The van der Waals surface area contributed by atoms with E-state index in [2.05, 4.69) is 17.5 Å². The van der Waals surface area contributed by atoms with Crippen LogP contribution >= 0.6 is 0 Å². The lowest BCUT2D eigenvalue weighted by Gasteiger charge is -2.12. The molecule has 0 aliphatic carbocycles. The predicted octanol–water partition coefficient (Wildman–Crippen LogP) is 4.03. The van der Waals surface area contributed by atoms with Gasteiger partial charge >= 0.3 is 0 Å². The van der Waals surface area contributed by atoms with Gasteiger partial charge in [0.15, 0.2) is 11.5 Å². The van der Waals surface area contributed by atoms with Crippen molar-refractivity contribution in [3.05, 3.63) is 59.7 Å². The molecule has 0 unspecified atom stereocenters. The van der Waals surface area contributed by atoms with Gasteiger partial charge in [0.05, 0.1) is 19.4 Å². The van der Waals surface area contributed by atoms with E-state index in [-0.39, 0.29) is 5.91 Å². The molecular formula is C20H24N2O3. The summed E-state index contributed by atoms with van der Waals surface area (Å²) in [6, 6.07) is 14.5. The van der Waals surface area contributed by atoms with E-state index in [1.807, 2.05) is 43.3 Å². The molecule has 0 saturated carbocycles. The monoisotopic (exact) mass is 340 g/mol. The Hall–Kier alpha value is -2.82. The average Bonchev–Trinajstić information content (AvgIpc) is 2.64. The minimum atomic E-state index is -0.249. The van der Waals surface area contributed by atoms with Crippen molar-refractivity contribution in [1.29, 1.82) is 0 Å². The lowest BCUT2D eigenvalue weighted by atomic mass is 10.2. The van der Waals surface area contributed by atoms with Crippen molar-refractivity contribution < 1.29 is 14.3 Å². The first-order valence-electron chi connectivity index (χ1n) is 8.52. The van der Waals surface area contributed by atoms with Crippen LogP contribution in [0, 0.1) is 0 Å². The number of hydrazone groups is 1. The number of rotatable bonds is 9.